The quantitative estimate of drug-likeness (QED) is 0.743. The number of rotatable bonds is 3. The Kier molecular flexibility index (Phi) is 3.31. The maximum absolute atomic E-state index is 13.7. The summed E-state index contributed by atoms with van der Waals surface area (Å²) < 4.78 is 33.0. The fourth-order valence-corrected chi connectivity index (χ4v) is 1.87. The molecule has 2 aromatic heterocycles. The maximum atomic E-state index is 13.7. The highest BCUT2D eigenvalue weighted by Gasteiger charge is 2.09. The third kappa shape index (κ3) is 2.58. The number of benzene rings is 1. The molecule has 7 heteroatoms. The van der Waals surface area contributed by atoms with E-state index in [2.05, 4.69) is 15.3 Å². The van der Waals surface area contributed by atoms with Gasteiger partial charge in [-0.2, -0.15) is 0 Å². The van der Waals surface area contributed by atoms with Crippen LogP contribution < -0.4 is 4.74 Å². The van der Waals surface area contributed by atoms with Crippen LogP contribution in [0.25, 0.3) is 16.9 Å². The van der Waals surface area contributed by atoms with Crippen LogP contribution in [0.4, 0.5) is 8.78 Å². The number of pyridine rings is 1. The summed E-state index contributed by atoms with van der Waals surface area (Å²) in [5.41, 5.74) is 1.44. The van der Waals surface area contributed by atoms with Crippen molar-refractivity contribution in [1.29, 1.82) is 0 Å². The molecule has 21 heavy (non-hydrogen) atoms. The van der Waals surface area contributed by atoms with Crippen molar-refractivity contribution >= 4 is 0 Å². The normalized spacial score (nSPS) is 10.6. The van der Waals surface area contributed by atoms with Crippen molar-refractivity contribution in [3.8, 4) is 22.7 Å². The van der Waals surface area contributed by atoms with Crippen molar-refractivity contribution in [3.05, 3.63) is 54.5 Å². The Morgan fingerprint density at radius 2 is 2.00 bits per heavy atom. The average molecular weight is 288 g/mol. The highest BCUT2D eigenvalue weighted by atomic mass is 19.1. The van der Waals surface area contributed by atoms with E-state index >= 15 is 0 Å². The molecule has 0 aliphatic heterocycles. The summed E-state index contributed by atoms with van der Waals surface area (Å²) in [5.74, 6) is -0.808. The van der Waals surface area contributed by atoms with Crippen LogP contribution in [0.15, 0.2) is 42.9 Å². The van der Waals surface area contributed by atoms with Crippen LogP contribution in [0.1, 0.15) is 0 Å². The minimum Gasteiger partial charge on any atom is -0.494 e. The molecule has 0 amide bonds. The Morgan fingerprint density at radius 3 is 2.71 bits per heavy atom. The Morgan fingerprint density at radius 1 is 1.14 bits per heavy atom. The minimum atomic E-state index is -0.489. The van der Waals surface area contributed by atoms with E-state index in [-0.39, 0.29) is 5.75 Å². The molecule has 3 aromatic rings. The summed E-state index contributed by atoms with van der Waals surface area (Å²) in [4.78, 5) is 3.74. The number of hydrogen-bond donors (Lipinski definition) is 0. The molecular formula is C14H10F2N4O. The van der Waals surface area contributed by atoms with E-state index in [9.17, 15) is 8.78 Å². The van der Waals surface area contributed by atoms with Gasteiger partial charge in [-0.25, -0.2) is 13.5 Å². The second-order valence-corrected chi connectivity index (χ2v) is 4.26. The van der Waals surface area contributed by atoms with Crippen molar-refractivity contribution in [3.63, 3.8) is 0 Å². The minimum absolute atomic E-state index is 0.153. The number of methoxy groups -OCH3 is 1. The Bertz CT molecular complexity index is 788. The molecule has 0 atom stereocenters. The highest BCUT2D eigenvalue weighted by molar-refractivity contribution is 5.59. The van der Waals surface area contributed by atoms with E-state index in [1.807, 2.05) is 0 Å². The first-order valence-electron chi connectivity index (χ1n) is 6.04. The van der Waals surface area contributed by atoms with Crippen molar-refractivity contribution in [1.82, 2.24) is 20.0 Å². The van der Waals surface area contributed by atoms with Gasteiger partial charge in [-0.3, -0.25) is 4.98 Å². The number of aromatic nitrogens is 4. The summed E-state index contributed by atoms with van der Waals surface area (Å²) in [6.07, 6.45) is 4.12. The van der Waals surface area contributed by atoms with Crippen molar-refractivity contribution < 1.29 is 13.5 Å². The van der Waals surface area contributed by atoms with Crippen LogP contribution >= 0.6 is 0 Å². The van der Waals surface area contributed by atoms with Crippen LogP contribution in [0, 0.1) is 11.6 Å². The molecule has 0 fully saturated rings. The smallest absolute Gasteiger partial charge is 0.165 e. The van der Waals surface area contributed by atoms with Crippen LogP contribution in [-0.4, -0.2) is 27.1 Å². The standard InChI is InChI=1S/C14H10F2N4O/c1-21-14-3-2-9(4-12(14)16)13-8-20(19-18-13)11-5-10(15)6-17-7-11/h2-8H,1H3. The number of nitrogens with zero attached hydrogens (tertiary/aromatic N) is 4. The molecule has 1 aromatic carbocycles. The summed E-state index contributed by atoms with van der Waals surface area (Å²) >= 11 is 0. The molecule has 0 aliphatic carbocycles. The van der Waals surface area contributed by atoms with Gasteiger partial charge >= 0.3 is 0 Å². The molecule has 0 radical (unpaired) electrons. The number of halogens is 2. The van der Waals surface area contributed by atoms with Gasteiger partial charge in [0.2, 0.25) is 0 Å². The molecular weight excluding hydrogens is 278 g/mol. The van der Waals surface area contributed by atoms with Gasteiger partial charge in [-0.05, 0) is 18.2 Å². The molecule has 5 nitrogen and oxygen atoms in total. The predicted octanol–water partition coefficient (Wildman–Crippen LogP) is 2.62. The Hall–Kier alpha value is -2.83. The van der Waals surface area contributed by atoms with Gasteiger partial charge in [-0.15, -0.1) is 5.10 Å². The molecule has 0 saturated heterocycles. The lowest BCUT2D eigenvalue weighted by molar-refractivity contribution is 0.386. The first-order valence-corrected chi connectivity index (χ1v) is 6.04. The first-order chi connectivity index (χ1) is 10.2. The van der Waals surface area contributed by atoms with Crippen molar-refractivity contribution in [2.75, 3.05) is 7.11 Å². The second kappa shape index (κ2) is 5.28. The van der Waals surface area contributed by atoms with Crippen LogP contribution in [0.5, 0.6) is 5.75 Å². The Labute approximate surface area is 118 Å². The monoisotopic (exact) mass is 288 g/mol. The molecule has 3 rings (SSSR count). The zero-order valence-electron chi connectivity index (χ0n) is 11.0. The van der Waals surface area contributed by atoms with Gasteiger partial charge in [0, 0.05) is 11.6 Å². The van der Waals surface area contributed by atoms with E-state index in [0.717, 1.165) is 6.20 Å². The zero-order valence-corrected chi connectivity index (χ0v) is 11.0. The second-order valence-electron chi connectivity index (χ2n) is 4.26. The van der Waals surface area contributed by atoms with E-state index < -0.39 is 11.6 Å². The van der Waals surface area contributed by atoms with Crippen LogP contribution in [0.2, 0.25) is 0 Å². The number of ether oxygens (including phenoxy) is 1. The molecule has 106 valence electrons. The van der Waals surface area contributed by atoms with E-state index in [1.54, 1.807) is 12.3 Å². The van der Waals surface area contributed by atoms with Gasteiger partial charge in [0.1, 0.15) is 11.5 Å². The van der Waals surface area contributed by atoms with Crippen molar-refractivity contribution in [2.24, 2.45) is 0 Å². The summed E-state index contributed by atoms with van der Waals surface area (Å²) in [7, 11) is 1.39. The number of hydrogen-bond acceptors (Lipinski definition) is 4. The van der Waals surface area contributed by atoms with E-state index in [0.29, 0.717) is 16.9 Å². The SMILES string of the molecule is COc1ccc(-c2cn(-c3cncc(F)c3)nn2)cc1F. The summed E-state index contributed by atoms with van der Waals surface area (Å²) in [6, 6.07) is 5.75. The maximum Gasteiger partial charge on any atom is 0.165 e. The molecule has 0 unspecified atom stereocenters. The van der Waals surface area contributed by atoms with E-state index in [4.69, 9.17) is 4.74 Å². The van der Waals surface area contributed by atoms with Gasteiger partial charge in [0.15, 0.2) is 11.6 Å². The topological polar surface area (TPSA) is 52.8 Å². The lowest BCUT2D eigenvalue weighted by atomic mass is 10.1. The molecule has 0 aliphatic rings. The molecule has 0 spiro atoms. The first kappa shape index (κ1) is 13.2. The fraction of sp³-hybridized carbons (Fsp3) is 0.0714. The van der Waals surface area contributed by atoms with Gasteiger partial charge in [0.05, 0.1) is 31.4 Å². The zero-order chi connectivity index (χ0) is 14.8. The Balaban J connectivity index is 1.96. The molecule has 2 heterocycles. The van der Waals surface area contributed by atoms with E-state index in [1.165, 1.54) is 36.2 Å². The largest absolute Gasteiger partial charge is 0.494 e. The summed E-state index contributed by atoms with van der Waals surface area (Å²) in [6.45, 7) is 0. The molecule has 0 bridgehead atoms. The van der Waals surface area contributed by atoms with Gasteiger partial charge < -0.3 is 4.74 Å². The third-order valence-electron chi connectivity index (χ3n) is 2.90. The van der Waals surface area contributed by atoms with Crippen molar-refractivity contribution in [2.45, 2.75) is 0 Å². The average Bonchev–Trinajstić information content (AvgIpc) is 2.97. The highest BCUT2D eigenvalue weighted by Crippen LogP contribution is 2.24. The lowest BCUT2D eigenvalue weighted by Crippen LogP contribution is -1.96. The van der Waals surface area contributed by atoms with Crippen LogP contribution in [0.3, 0.4) is 0 Å². The van der Waals surface area contributed by atoms with Gasteiger partial charge in [0.25, 0.3) is 0 Å². The van der Waals surface area contributed by atoms with Crippen LogP contribution in [-0.2, 0) is 0 Å². The summed E-state index contributed by atoms with van der Waals surface area (Å²) in [5, 5.41) is 7.83. The predicted molar refractivity (Wildman–Crippen MR) is 71.1 cm³/mol. The lowest BCUT2D eigenvalue weighted by Gasteiger charge is -2.02. The van der Waals surface area contributed by atoms with Gasteiger partial charge in [-0.1, -0.05) is 5.21 Å². The molecule has 0 saturated carbocycles. The third-order valence-corrected chi connectivity index (χ3v) is 2.90. The fourth-order valence-electron chi connectivity index (χ4n) is 1.87. The molecule has 0 N–H and O–H groups in total.